The number of nitrogens with zero attached hydrogens (tertiary/aromatic N) is 3. The standard InChI is InChI=1S/C25H28F3N3O3S/c1-23(2)7-19(23)21(32)31-13-24(14-31)12-30(22(33)20-8-29-15-35-20)9-18(24)11-34-10-16-4-3-5-17(6-16)25(26,27)28/h3-6,8,15,18-19H,7,9-14H2,1-2H3/t18-,19+/m0/s1. The second-order valence-electron chi connectivity index (χ2n) is 10.8. The normalized spacial score (nSPS) is 24.5. The van der Waals surface area contributed by atoms with E-state index in [0.717, 1.165) is 18.6 Å². The van der Waals surface area contributed by atoms with Crippen molar-refractivity contribution < 1.29 is 27.5 Å². The predicted molar refractivity (Wildman–Crippen MR) is 124 cm³/mol. The summed E-state index contributed by atoms with van der Waals surface area (Å²) >= 11 is 1.29. The van der Waals surface area contributed by atoms with E-state index in [1.54, 1.807) is 22.7 Å². The van der Waals surface area contributed by atoms with Crippen molar-refractivity contribution in [3.8, 4) is 0 Å². The lowest BCUT2D eigenvalue weighted by atomic mass is 9.71. The van der Waals surface area contributed by atoms with Crippen LogP contribution in [0.3, 0.4) is 0 Å². The predicted octanol–water partition coefficient (Wildman–Crippen LogP) is 4.33. The number of rotatable bonds is 6. The molecule has 188 valence electrons. The lowest BCUT2D eigenvalue weighted by Crippen LogP contribution is -2.63. The van der Waals surface area contributed by atoms with Crippen LogP contribution < -0.4 is 0 Å². The molecule has 1 saturated carbocycles. The summed E-state index contributed by atoms with van der Waals surface area (Å²) in [6.07, 6.45) is -1.95. The monoisotopic (exact) mass is 507 g/mol. The van der Waals surface area contributed by atoms with Crippen molar-refractivity contribution >= 4 is 23.2 Å². The number of thiazole rings is 1. The minimum atomic E-state index is -4.40. The minimum absolute atomic E-state index is 0.0126. The lowest BCUT2D eigenvalue weighted by Gasteiger charge is -2.51. The van der Waals surface area contributed by atoms with Crippen LogP contribution in [0.15, 0.2) is 36.0 Å². The number of hydrogen-bond acceptors (Lipinski definition) is 5. The molecular formula is C25H28F3N3O3S. The molecule has 0 radical (unpaired) electrons. The molecule has 3 heterocycles. The third kappa shape index (κ3) is 4.70. The van der Waals surface area contributed by atoms with Gasteiger partial charge in [-0.1, -0.05) is 26.0 Å². The molecule has 0 bridgehead atoms. The van der Waals surface area contributed by atoms with Crippen LogP contribution in [-0.2, 0) is 22.3 Å². The first-order chi connectivity index (χ1) is 16.5. The molecule has 2 aromatic rings. The van der Waals surface area contributed by atoms with Crippen molar-refractivity contribution in [2.45, 2.75) is 33.1 Å². The highest BCUT2D eigenvalue weighted by molar-refractivity contribution is 7.11. The van der Waals surface area contributed by atoms with E-state index in [9.17, 15) is 22.8 Å². The van der Waals surface area contributed by atoms with Gasteiger partial charge >= 0.3 is 6.18 Å². The topological polar surface area (TPSA) is 62.7 Å². The smallest absolute Gasteiger partial charge is 0.376 e. The molecule has 1 aromatic heterocycles. The van der Waals surface area contributed by atoms with E-state index in [2.05, 4.69) is 18.8 Å². The molecule has 10 heteroatoms. The van der Waals surface area contributed by atoms with Crippen LogP contribution in [0.1, 0.15) is 41.1 Å². The van der Waals surface area contributed by atoms with E-state index < -0.39 is 11.7 Å². The quantitative estimate of drug-likeness (QED) is 0.584. The lowest BCUT2D eigenvalue weighted by molar-refractivity contribution is -0.149. The van der Waals surface area contributed by atoms with E-state index in [-0.39, 0.29) is 41.1 Å². The molecule has 3 aliphatic rings. The Bertz CT molecular complexity index is 1110. The van der Waals surface area contributed by atoms with Gasteiger partial charge in [-0.2, -0.15) is 13.2 Å². The number of aromatic nitrogens is 1. The van der Waals surface area contributed by atoms with E-state index >= 15 is 0 Å². The summed E-state index contributed by atoms with van der Waals surface area (Å²) in [5.74, 6) is 0.144. The van der Waals surface area contributed by atoms with Crippen LogP contribution >= 0.6 is 11.3 Å². The molecule has 35 heavy (non-hydrogen) atoms. The van der Waals surface area contributed by atoms with Crippen molar-refractivity contribution in [3.05, 3.63) is 52.0 Å². The first-order valence-corrected chi connectivity index (χ1v) is 12.6. The average Bonchev–Trinajstić information content (AvgIpc) is 3.16. The van der Waals surface area contributed by atoms with Gasteiger partial charge in [-0.15, -0.1) is 11.3 Å². The summed E-state index contributed by atoms with van der Waals surface area (Å²) in [6.45, 7) is 6.71. The highest BCUT2D eigenvalue weighted by atomic mass is 32.1. The van der Waals surface area contributed by atoms with Gasteiger partial charge in [-0.05, 0) is 29.5 Å². The maximum absolute atomic E-state index is 13.0. The summed E-state index contributed by atoms with van der Waals surface area (Å²) in [4.78, 5) is 34.1. The third-order valence-corrected chi connectivity index (χ3v) is 8.48. The van der Waals surface area contributed by atoms with Gasteiger partial charge in [0.25, 0.3) is 5.91 Å². The van der Waals surface area contributed by atoms with Gasteiger partial charge in [-0.25, -0.2) is 0 Å². The van der Waals surface area contributed by atoms with Crippen LogP contribution in [0, 0.1) is 22.7 Å². The summed E-state index contributed by atoms with van der Waals surface area (Å²) in [6, 6.07) is 5.13. The van der Waals surface area contributed by atoms with Crippen LogP contribution in [0.5, 0.6) is 0 Å². The first-order valence-electron chi connectivity index (χ1n) is 11.7. The SMILES string of the molecule is CC1(C)C[C@@H]1C(=O)N1CC2(CN(C(=O)c3cncs3)C[C@H]2COCc2cccc(C(F)(F)F)c2)C1. The number of carbonyl (C=O) groups excluding carboxylic acids is 2. The highest BCUT2D eigenvalue weighted by Crippen LogP contribution is 2.54. The molecule has 2 atom stereocenters. The van der Waals surface area contributed by atoms with Crippen molar-refractivity contribution in [3.63, 3.8) is 0 Å². The third-order valence-electron chi connectivity index (χ3n) is 7.72. The van der Waals surface area contributed by atoms with Gasteiger partial charge in [-0.3, -0.25) is 14.6 Å². The molecule has 1 aliphatic carbocycles. The van der Waals surface area contributed by atoms with Gasteiger partial charge in [0.05, 0.1) is 30.5 Å². The Morgan fingerprint density at radius 1 is 1.20 bits per heavy atom. The Kier molecular flexibility index (Phi) is 5.95. The zero-order valence-corrected chi connectivity index (χ0v) is 20.5. The van der Waals surface area contributed by atoms with E-state index in [0.29, 0.717) is 43.2 Å². The second-order valence-corrected chi connectivity index (χ2v) is 11.6. The largest absolute Gasteiger partial charge is 0.416 e. The fourth-order valence-electron chi connectivity index (χ4n) is 5.39. The van der Waals surface area contributed by atoms with Crippen molar-refractivity contribution in [1.29, 1.82) is 0 Å². The van der Waals surface area contributed by atoms with Gasteiger partial charge < -0.3 is 14.5 Å². The van der Waals surface area contributed by atoms with Crippen LogP contribution in [0.4, 0.5) is 13.2 Å². The molecule has 5 rings (SSSR count). The van der Waals surface area contributed by atoms with Gasteiger partial charge in [0, 0.05) is 43.4 Å². The fraction of sp³-hybridized carbons (Fsp3) is 0.560. The molecule has 0 N–H and O–H groups in total. The molecule has 2 saturated heterocycles. The Balaban J connectivity index is 1.25. The Morgan fingerprint density at radius 2 is 1.91 bits per heavy atom. The summed E-state index contributed by atoms with van der Waals surface area (Å²) in [5, 5.41) is 0. The number of halogens is 3. The van der Waals surface area contributed by atoms with Crippen LogP contribution in [0.2, 0.25) is 0 Å². The molecule has 6 nitrogen and oxygen atoms in total. The van der Waals surface area contributed by atoms with E-state index in [4.69, 9.17) is 4.74 Å². The Hall–Kier alpha value is -2.46. The van der Waals surface area contributed by atoms with Crippen molar-refractivity contribution in [1.82, 2.24) is 14.8 Å². The molecule has 1 spiro atoms. The van der Waals surface area contributed by atoms with E-state index in [1.165, 1.54) is 17.4 Å². The summed E-state index contributed by atoms with van der Waals surface area (Å²) < 4.78 is 45.0. The number of alkyl halides is 3. The average molecular weight is 508 g/mol. The van der Waals surface area contributed by atoms with Gasteiger partial charge in [0.2, 0.25) is 5.91 Å². The van der Waals surface area contributed by atoms with Gasteiger partial charge in [0.1, 0.15) is 4.88 Å². The number of amides is 2. The number of benzene rings is 1. The number of ether oxygens (including phenoxy) is 1. The molecule has 2 amide bonds. The molecule has 2 aliphatic heterocycles. The van der Waals surface area contributed by atoms with Crippen LogP contribution in [-0.4, -0.2) is 59.4 Å². The van der Waals surface area contributed by atoms with E-state index in [1.807, 2.05) is 4.90 Å². The highest BCUT2D eigenvalue weighted by Gasteiger charge is 2.60. The van der Waals surface area contributed by atoms with Gasteiger partial charge in [0.15, 0.2) is 0 Å². The van der Waals surface area contributed by atoms with Crippen molar-refractivity contribution in [2.24, 2.45) is 22.7 Å². The molecular weight excluding hydrogens is 479 g/mol. The Labute approximate surface area is 206 Å². The van der Waals surface area contributed by atoms with Crippen LogP contribution in [0.25, 0.3) is 0 Å². The fourth-order valence-corrected chi connectivity index (χ4v) is 5.98. The first kappa shape index (κ1) is 24.2. The molecule has 1 aromatic carbocycles. The Morgan fingerprint density at radius 3 is 2.54 bits per heavy atom. The van der Waals surface area contributed by atoms with Crippen molar-refractivity contribution in [2.75, 3.05) is 32.8 Å². The number of likely N-dealkylation sites (tertiary alicyclic amines) is 2. The summed E-state index contributed by atoms with van der Waals surface area (Å²) in [7, 11) is 0. The maximum atomic E-state index is 13.0. The molecule has 0 unspecified atom stereocenters. The second kappa shape index (κ2) is 8.58. The molecule has 3 fully saturated rings. The summed E-state index contributed by atoms with van der Waals surface area (Å²) in [5.41, 5.74) is 1.16. The number of carbonyl (C=O) groups is 2. The zero-order valence-electron chi connectivity index (χ0n) is 19.7. The minimum Gasteiger partial charge on any atom is -0.376 e. The maximum Gasteiger partial charge on any atom is 0.416 e. The number of hydrogen-bond donors (Lipinski definition) is 0. The zero-order chi connectivity index (χ0) is 25.0.